The van der Waals surface area contributed by atoms with Crippen LogP contribution in [0.15, 0.2) is 12.7 Å². The van der Waals surface area contributed by atoms with Gasteiger partial charge in [0.15, 0.2) is 0 Å². The maximum atomic E-state index is 3.79. The third-order valence-electron chi connectivity index (χ3n) is 2.99. The summed E-state index contributed by atoms with van der Waals surface area (Å²) in [6.45, 7) is 12.5. The molecule has 1 heterocycles. The quantitative estimate of drug-likeness (QED) is 0.662. The Morgan fingerprint density at radius 2 is 2.07 bits per heavy atom. The average molecular weight is 197 g/mol. The van der Waals surface area contributed by atoms with E-state index in [-0.39, 0.29) is 0 Å². The molecule has 14 heavy (non-hydrogen) atoms. The summed E-state index contributed by atoms with van der Waals surface area (Å²) in [4.78, 5) is 0. The molecule has 1 fully saturated rings. The predicted octanol–water partition coefficient (Wildman–Crippen LogP) is 3.76. The molecule has 0 aromatic rings. The fourth-order valence-electron chi connectivity index (χ4n) is 2.29. The molecule has 0 aromatic heterocycles. The van der Waals surface area contributed by atoms with Crippen LogP contribution in [0.3, 0.4) is 0 Å². The van der Waals surface area contributed by atoms with Crippen LogP contribution in [0.25, 0.3) is 0 Å². The van der Waals surface area contributed by atoms with Crippen LogP contribution in [-0.4, -0.2) is 13.1 Å². The Hall–Kier alpha value is -0.300. The summed E-state index contributed by atoms with van der Waals surface area (Å²) in [5, 5.41) is 3.47. The van der Waals surface area contributed by atoms with Crippen molar-refractivity contribution in [1.82, 2.24) is 5.32 Å². The lowest BCUT2D eigenvalue weighted by atomic mass is 9.78. The molecule has 1 aliphatic heterocycles. The Labute approximate surface area is 90.0 Å². The van der Waals surface area contributed by atoms with Gasteiger partial charge >= 0.3 is 0 Å². The van der Waals surface area contributed by atoms with Gasteiger partial charge in [-0.25, -0.2) is 0 Å². The smallest absolute Gasteiger partial charge is 0.000840 e. The van der Waals surface area contributed by atoms with Gasteiger partial charge in [0.2, 0.25) is 0 Å². The van der Waals surface area contributed by atoms with E-state index >= 15 is 0 Å². The minimum atomic E-state index is 0.614. The van der Waals surface area contributed by atoms with E-state index in [0.29, 0.717) is 5.41 Å². The molecule has 1 aliphatic rings. The van der Waals surface area contributed by atoms with Crippen molar-refractivity contribution in [3.63, 3.8) is 0 Å². The summed E-state index contributed by atoms with van der Waals surface area (Å²) < 4.78 is 0. The van der Waals surface area contributed by atoms with Crippen LogP contribution in [-0.2, 0) is 0 Å². The molecule has 1 saturated heterocycles. The van der Waals surface area contributed by atoms with E-state index in [9.17, 15) is 0 Å². The van der Waals surface area contributed by atoms with Crippen molar-refractivity contribution in [3.05, 3.63) is 12.7 Å². The second-order valence-electron chi connectivity index (χ2n) is 4.00. The van der Waals surface area contributed by atoms with Crippen molar-refractivity contribution in [3.8, 4) is 0 Å². The summed E-state index contributed by atoms with van der Waals surface area (Å²) >= 11 is 0. The third kappa shape index (κ3) is 4.28. The lowest BCUT2D eigenvalue weighted by Crippen LogP contribution is -2.23. The van der Waals surface area contributed by atoms with Gasteiger partial charge in [0.1, 0.15) is 0 Å². The minimum Gasteiger partial charge on any atom is -0.316 e. The normalized spacial score (nSPS) is 25.4. The Balaban J connectivity index is 0.000000791. The van der Waals surface area contributed by atoms with Crippen molar-refractivity contribution < 1.29 is 0 Å². The van der Waals surface area contributed by atoms with Crippen LogP contribution < -0.4 is 5.32 Å². The monoisotopic (exact) mass is 197 g/mol. The van der Waals surface area contributed by atoms with Crippen LogP contribution in [0.1, 0.15) is 52.9 Å². The zero-order valence-electron chi connectivity index (χ0n) is 10.2. The first-order valence-corrected chi connectivity index (χ1v) is 6.14. The van der Waals surface area contributed by atoms with Gasteiger partial charge in [-0.05, 0) is 37.6 Å². The Bertz CT molecular complexity index is 134. The van der Waals surface area contributed by atoms with E-state index in [1.165, 1.54) is 45.2 Å². The fourth-order valence-corrected chi connectivity index (χ4v) is 2.29. The molecule has 84 valence electrons. The van der Waals surface area contributed by atoms with Crippen molar-refractivity contribution in [2.24, 2.45) is 5.41 Å². The molecule has 0 bridgehead atoms. The van der Waals surface area contributed by atoms with E-state index in [1.807, 2.05) is 13.8 Å². The summed E-state index contributed by atoms with van der Waals surface area (Å²) in [6.07, 6.45) is 8.64. The zero-order chi connectivity index (χ0) is 10.9. The number of hydrogen-bond donors (Lipinski definition) is 1. The number of allylic oxidation sites excluding steroid dienone is 1. The highest BCUT2D eigenvalue weighted by Gasteiger charge is 2.31. The van der Waals surface area contributed by atoms with Crippen LogP contribution in [0, 0.1) is 5.41 Å². The molecule has 0 radical (unpaired) electrons. The second kappa shape index (κ2) is 8.05. The zero-order valence-corrected chi connectivity index (χ0v) is 10.2. The molecule has 0 saturated carbocycles. The summed E-state index contributed by atoms with van der Waals surface area (Å²) in [5.41, 5.74) is 0.614. The second-order valence-corrected chi connectivity index (χ2v) is 4.00. The maximum Gasteiger partial charge on any atom is 0.000840 e. The fraction of sp³-hybridized carbons (Fsp3) is 0.846. The minimum absolute atomic E-state index is 0.614. The van der Waals surface area contributed by atoms with Gasteiger partial charge in [0, 0.05) is 6.54 Å². The van der Waals surface area contributed by atoms with Crippen LogP contribution in [0.4, 0.5) is 0 Å². The van der Waals surface area contributed by atoms with Crippen molar-refractivity contribution in [2.75, 3.05) is 13.1 Å². The molecule has 0 spiro atoms. The van der Waals surface area contributed by atoms with E-state index in [4.69, 9.17) is 0 Å². The molecule has 0 aliphatic carbocycles. The van der Waals surface area contributed by atoms with Crippen LogP contribution in [0.2, 0.25) is 0 Å². The Morgan fingerprint density at radius 3 is 2.50 bits per heavy atom. The standard InChI is InChI=1S/C11H21N.C2H6/c1-3-5-7-11(6-4-2)8-9-12-10-11;1-2/h3,12H,1,4-10H2,2H3;1-2H3. The van der Waals surface area contributed by atoms with Gasteiger partial charge in [-0.1, -0.05) is 33.3 Å². The summed E-state index contributed by atoms with van der Waals surface area (Å²) in [5.74, 6) is 0. The van der Waals surface area contributed by atoms with Gasteiger partial charge in [-0.15, -0.1) is 6.58 Å². The van der Waals surface area contributed by atoms with Crippen LogP contribution >= 0.6 is 0 Å². The van der Waals surface area contributed by atoms with Gasteiger partial charge in [-0.3, -0.25) is 0 Å². The molecule has 0 aromatic carbocycles. The van der Waals surface area contributed by atoms with E-state index in [1.54, 1.807) is 0 Å². The SMILES string of the molecule is C=CCCC1(CCC)CCNC1.CC. The largest absolute Gasteiger partial charge is 0.316 e. The van der Waals surface area contributed by atoms with Crippen molar-refractivity contribution in [2.45, 2.75) is 52.9 Å². The van der Waals surface area contributed by atoms with Crippen LogP contribution in [0.5, 0.6) is 0 Å². The third-order valence-corrected chi connectivity index (χ3v) is 2.99. The Morgan fingerprint density at radius 1 is 1.36 bits per heavy atom. The van der Waals surface area contributed by atoms with Crippen molar-refractivity contribution in [1.29, 1.82) is 0 Å². The van der Waals surface area contributed by atoms with Crippen molar-refractivity contribution >= 4 is 0 Å². The summed E-state index contributed by atoms with van der Waals surface area (Å²) in [6, 6.07) is 0. The van der Waals surface area contributed by atoms with E-state index in [2.05, 4.69) is 24.9 Å². The number of nitrogens with one attached hydrogen (secondary N) is 1. The first-order valence-electron chi connectivity index (χ1n) is 6.14. The lowest BCUT2D eigenvalue weighted by Gasteiger charge is -2.27. The Kier molecular flexibility index (Phi) is 7.87. The lowest BCUT2D eigenvalue weighted by molar-refractivity contribution is 0.270. The van der Waals surface area contributed by atoms with Gasteiger partial charge in [0.05, 0.1) is 0 Å². The molecule has 1 N–H and O–H groups in total. The summed E-state index contributed by atoms with van der Waals surface area (Å²) in [7, 11) is 0. The molecule has 0 amide bonds. The van der Waals surface area contributed by atoms with Gasteiger partial charge in [0.25, 0.3) is 0 Å². The first kappa shape index (κ1) is 13.7. The van der Waals surface area contributed by atoms with E-state index in [0.717, 1.165) is 0 Å². The number of hydrogen-bond acceptors (Lipinski definition) is 1. The highest BCUT2D eigenvalue weighted by atomic mass is 14.9. The molecule has 1 atom stereocenters. The number of rotatable bonds is 5. The predicted molar refractivity (Wildman–Crippen MR) is 65.6 cm³/mol. The van der Waals surface area contributed by atoms with E-state index < -0.39 is 0 Å². The molecular formula is C13H27N. The molecule has 1 nitrogen and oxygen atoms in total. The highest BCUT2D eigenvalue weighted by Crippen LogP contribution is 2.35. The molecule has 1 heteroatoms. The molecule has 1 unspecified atom stereocenters. The molecule has 1 rings (SSSR count). The first-order chi connectivity index (χ1) is 6.83. The van der Waals surface area contributed by atoms with Gasteiger partial charge in [-0.2, -0.15) is 0 Å². The topological polar surface area (TPSA) is 12.0 Å². The average Bonchev–Trinajstić information content (AvgIpc) is 2.68. The molecular weight excluding hydrogens is 170 g/mol. The highest BCUT2D eigenvalue weighted by molar-refractivity contribution is 4.89. The maximum absolute atomic E-state index is 3.79. The van der Waals surface area contributed by atoms with Gasteiger partial charge < -0.3 is 5.32 Å².